The molecule has 2 N–H and O–H groups in total. The minimum absolute atomic E-state index is 0.127. The monoisotopic (exact) mass is 338 g/mol. The van der Waals surface area contributed by atoms with E-state index in [-0.39, 0.29) is 17.7 Å². The van der Waals surface area contributed by atoms with Crippen LogP contribution in [0.5, 0.6) is 0 Å². The molecule has 2 aromatic rings. The zero-order valence-electron chi connectivity index (χ0n) is 13.8. The number of carbonyl (C=O) groups excluding carboxylic acids is 2. The molecule has 128 valence electrons. The first-order valence-electron chi connectivity index (χ1n) is 7.92. The molecule has 0 unspecified atom stereocenters. The number of aromatic nitrogens is 2. The molecule has 0 saturated carbocycles. The molecule has 1 aliphatic rings. The molecule has 0 aliphatic carbocycles. The summed E-state index contributed by atoms with van der Waals surface area (Å²) in [5.74, 6) is -0.0153. The van der Waals surface area contributed by atoms with Gasteiger partial charge in [0.1, 0.15) is 6.33 Å². The number of rotatable bonds is 4. The maximum atomic E-state index is 12.2. The lowest BCUT2D eigenvalue weighted by Crippen LogP contribution is -2.25. The fourth-order valence-electron chi connectivity index (χ4n) is 2.75. The molecule has 2 amide bonds. The van der Waals surface area contributed by atoms with Gasteiger partial charge in [-0.05, 0) is 30.7 Å². The van der Waals surface area contributed by atoms with Crippen LogP contribution in [0.3, 0.4) is 0 Å². The van der Waals surface area contributed by atoms with Gasteiger partial charge in [-0.25, -0.2) is 4.98 Å². The number of benzene rings is 1. The fraction of sp³-hybridized carbons (Fsp3) is 0.294. The Balaban J connectivity index is 1.65. The molecule has 1 saturated heterocycles. The highest BCUT2D eigenvalue weighted by Crippen LogP contribution is 2.18. The average Bonchev–Trinajstić information content (AvgIpc) is 3.30. The maximum absolute atomic E-state index is 12.2. The molecular weight excluding hydrogens is 320 g/mol. The zero-order chi connectivity index (χ0) is 17.8. The number of amides is 2. The van der Waals surface area contributed by atoms with Crippen LogP contribution in [0, 0.1) is 17.4 Å². The van der Waals surface area contributed by atoms with Crippen LogP contribution in [-0.4, -0.2) is 46.4 Å². The second kappa shape index (κ2) is 7.05. The molecule has 8 heteroatoms. The van der Waals surface area contributed by atoms with Crippen molar-refractivity contribution in [2.24, 2.45) is 5.92 Å². The van der Waals surface area contributed by atoms with Crippen LogP contribution in [0.2, 0.25) is 0 Å². The number of nitrogens with one attached hydrogen (secondary N) is 2. The Morgan fingerprint density at radius 3 is 2.72 bits per heavy atom. The number of hydrogen-bond donors (Lipinski definition) is 2. The minimum atomic E-state index is -0.198. The largest absolute Gasteiger partial charge is 0.355 e. The summed E-state index contributed by atoms with van der Waals surface area (Å²) in [6, 6.07) is 7.06. The van der Waals surface area contributed by atoms with E-state index in [1.54, 1.807) is 53.3 Å². The van der Waals surface area contributed by atoms with E-state index in [1.807, 2.05) is 0 Å². The van der Waals surface area contributed by atoms with Crippen LogP contribution in [-0.2, 0) is 4.79 Å². The van der Waals surface area contributed by atoms with Crippen molar-refractivity contribution in [2.75, 3.05) is 25.5 Å². The number of nitrogens with zero attached hydrogens (tertiary/aromatic N) is 4. The zero-order valence-corrected chi connectivity index (χ0v) is 13.8. The summed E-state index contributed by atoms with van der Waals surface area (Å²) in [5, 5.41) is 14.2. The van der Waals surface area contributed by atoms with Crippen LogP contribution in [0.25, 0.3) is 5.69 Å². The Kier molecular flexibility index (Phi) is 4.66. The van der Waals surface area contributed by atoms with E-state index in [9.17, 15) is 9.59 Å². The molecule has 8 nitrogen and oxygen atoms in total. The summed E-state index contributed by atoms with van der Waals surface area (Å²) in [5.41, 5.74) is 1.40. The minimum Gasteiger partial charge on any atom is -0.355 e. The van der Waals surface area contributed by atoms with Gasteiger partial charge in [0, 0.05) is 31.4 Å². The van der Waals surface area contributed by atoms with Crippen molar-refractivity contribution in [1.82, 2.24) is 19.8 Å². The van der Waals surface area contributed by atoms with E-state index >= 15 is 0 Å². The molecule has 3 rings (SSSR count). The molecule has 0 spiro atoms. The lowest BCUT2D eigenvalue weighted by atomic mass is 10.1. The van der Waals surface area contributed by atoms with E-state index in [0.717, 1.165) is 5.69 Å². The van der Waals surface area contributed by atoms with E-state index < -0.39 is 0 Å². The molecule has 25 heavy (non-hydrogen) atoms. The highest BCUT2D eigenvalue weighted by molar-refractivity contribution is 5.94. The lowest BCUT2D eigenvalue weighted by Gasteiger charge is -2.09. The molecule has 0 bridgehead atoms. The molecule has 1 fully saturated rings. The Labute approximate surface area is 145 Å². The van der Waals surface area contributed by atoms with Gasteiger partial charge in [-0.15, -0.1) is 0 Å². The summed E-state index contributed by atoms with van der Waals surface area (Å²) in [6.07, 6.45) is 6.04. The molecule has 2 heterocycles. The van der Waals surface area contributed by atoms with Crippen molar-refractivity contribution in [3.8, 4) is 11.9 Å². The van der Waals surface area contributed by atoms with Crippen molar-refractivity contribution in [1.29, 1.82) is 5.26 Å². The maximum Gasteiger partial charge on any atom is 0.251 e. The second-order valence-electron chi connectivity index (χ2n) is 5.81. The highest BCUT2D eigenvalue weighted by Gasteiger charge is 2.28. The molecule has 0 radical (unpaired) electrons. The summed E-state index contributed by atoms with van der Waals surface area (Å²) < 4.78 is 1.76. The number of imidazole rings is 1. The molecule has 1 aliphatic heterocycles. The summed E-state index contributed by atoms with van der Waals surface area (Å²) >= 11 is 0. The Morgan fingerprint density at radius 1 is 1.32 bits per heavy atom. The number of hydrogen-bond acceptors (Lipinski definition) is 5. The number of nitriles is 1. The van der Waals surface area contributed by atoms with Gasteiger partial charge in [-0.1, -0.05) is 0 Å². The van der Waals surface area contributed by atoms with Crippen molar-refractivity contribution in [3.63, 3.8) is 0 Å². The standard InChI is InChI=1S/C17H18N6O2/c1-19-16(24)12-2-4-14(5-3-12)23-9-15(20-11-23)21-17(25)13-6-7-22(8-13)10-18/h2-5,9,11,13H,6-8H2,1H3,(H,19,24)(H,21,25)/t13-/m0/s1. The molecular formula is C17H18N6O2. The van der Waals surface area contributed by atoms with Gasteiger partial charge in [-0.3, -0.25) is 9.59 Å². The number of likely N-dealkylation sites (tertiary alicyclic amines) is 1. The Bertz CT molecular complexity index is 820. The quantitative estimate of drug-likeness (QED) is 0.809. The SMILES string of the molecule is CNC(=O)c1ccc(-n2cnc(NC(=O)[C@H]3CCN(C#N)C3)c2)cc1. The van der Waals surface area contributed by atoms with Crippen LogP contribution in [0.1, 0.15) is 16.8 Å². The van der Waals surface area contributed by atoms with Crippen molar-refractivity contribution >= 4 is 17.6 Å². The van der Waals surface area contributed by atoms with Gasteiger partial charge in [0.15, 0.2) is 12.0 Å². The third-order valence-electron chi connectivity index (χ3n) is 4.19. The predicted octanol–water partition coefficient (Wildman–Crippen LogP) is 0.973. The molecule has 1 atom stereocenters. The van der Waals surface area contributed by atoms with Crippen molar-refractivity contribution < 1.29 is 9.59 Å². The van der Waals surface area contributed by atoms with E-state index in [1.165, 1.54) is 0 Å². The van der Waals surface area contributed by atoms with Gasteiger partial charge in [0.25, 0.3) is 5.91 Å². The van der Waals surface area contributed by atoms with Crippen molar-refractivity contribution in [3.05, 3.63) is 42.4 Å². The van der Waals surface area contributed by atoms with Gasteiger partial charge >= 0.3 is 0 Å². The van der Waals surface area contributed by atoms with E-state index in [4.69, 9.17) is 5.26 Å². The normalized spacial score (nSPS) is 16.3. The van der Waals surface area contributed by atoms with Crippen molar-refractivity contribution in [2.45, 2.75) is 6.42 Å². The third kappa shape index (κ3) is 3.61. The Hall–Kier alpha value is -3.34. The fourth-order valence-corrected chi connectivity index (χ4v) is 2.75. The third-order valence-corrected chi connectivity index (χ3v) is 4.19. The first-order valence-corrected chi connectivity index (χ1v) is 7.92. The summed E-state index contributed by atoms with van der Waals surface area (Å²) in [7, 11) is 1.58. The van der Waals surface area contributed by atoms with Crippen LogP contribution < -0.4 is 10.6 Å². The Morgan fingerprint density at radius 2 is 2.08 bits per heavy atom. The van der Waals surface area contributed by atoms with Crippen LogP contribution >= 0.6 is 0 Å². The number of anilines is 1. The summed E-state index contributed by atoms with van der Waals surface area (Å²) in [6.45, 7) is 1.06. The summed E-state index contributed by atoms with van der Waals surface area (Å²) in [4.78, 5) is 29.6. The highest BCUT2D eigenvalue weighted by atomic mass is 16.2. The van der Waals surface area contributed by atoms with E-state index in [0.29, 0.717) is 30.9 Å². The van der Waals surface area contributed by atoms with Crippen LogP contribution in [0.15, 0.2) is 36.8 Å². The smallest absolute Gasteiger partial charge is 0.251 e. The topological polar surface area (TPSA) is 103 Å². The van der Waals surface area contributed by atoms with E-state index in [2.05, 4.69) is 21.8 Å². The molecule has 1 aromatic carbocycles. The molecule has 1 aromatic heterocycles. The average molecular weight is 338 g/mol. The van der Waals surface area contributed by atoms with Gasteiger partial charge in [0.05, 0.1) is 12.1 Å². The first kappa shape index (κ1) is 16.5. The van der Waals surface area contributed by atoms with Gasteiger partial charge < -0.3 is 20.1 Å². The van der Waals surface area contributed by atoms with Gasteiger partial charge in [0.2, 0.25) is 5.91 Å². The van der Waals surface area contributed by atoms with Gasteiger partial charge in [-0.2, -0.15) is 5.26 Å². The van der Waals surface area contributed by atoms with Crippen LogP contribution in [0.4, 0.5) is 5.82 Å². The first-order chi connectivity index (χ1) is 12.1. The number of carbonyl (C=O) groups is 2. The predicted molar refractivity (Wildman–Crippen MR) is 90.9 cm³/mol. The second-order valence-corrected chi connectivity index (χ2v) is 5.81. The lowest BCUT2D eigenvalue weighted by molar-refractivity contribution is -0.119.